The third kappa shape index (κ3) is 8.05. The van der Waals surface area contributed by atoms with Gasteiger partial charge in [0.15, 0.2) is 5.72 Å². The molecule has 0 aromatic heterocycles. The molecule has 0 spiro atoms. The second kappa shape index (κ2) is 12.9. The number of nitrogens with one attached hydrogen (secondary N) is 1. The maximum absolute atomic E-state index is 12.5. The molecule has 1 saturated heterocycles. The molecule has 2 amide bonds. The minimum Gasteiger partial charge on any atom is -0.445 e. The number of aliphatic hydroxyl groups is 1. The van der Waals surface area contributed by atoms with Gasteiger partial charge in [0, 0.05) is 48.9 Å². The normalized spacial score (nSPS) is 16.7. The predicted molar refractivity (Wildman–Crippen MR) is 133 cm³/mol. The summed E-state index contributed by atoms with van der Waals surface area (Å²) in [5, 5.41) is 34.9. The fraction of sp³-hybridized carbons (Fsp3) is 0.391. The number of nitro groups is 2. The lowest BCUT2D eigenvalue weighted by Gasteiger charge is -2.32. The Morgan fingerprint density at radius 1 is 0.973 bits per heavy atom. The third-order valence-corrected chi connectivity index (χ3v) is 6.72. The molecular formula is C23H26N4O9S. The Morgan fingerprint density at radius 2 is 1.51 bits per heavy atom. The molecule has 1 heterocycles. The monoisotopic (exact) mass is 534 g/mol. The Kier molecular flexibility index (Phi) is 9.63. The lowest BCUT2D eigenvalue weighted by atomic mass is 10.2. The Morgan fingerprint density at radius 3 is 2.05 bits per heavy atom. The molecular weight excluding hydrogens is 508 g/mol. The summed E-state index contributed by atoms with van der Waals surface area (Å²) >= 11 is 1.35. The van der Waals surface area contributed by atoms with Crippen molar-refractivity contribution in [3.05, 3.63) is 79.9 Å². The highest BCUT2D eigenvalue weighted by atomic mass is 32.2. The summed E-state index contributed by atoms with van der Waals surface area (Å²) in [6, 6.07) is 11.3. The molecule has 0 bridgehead atoms. The van der Waals surface area contributed by atoms with E-state index in [4.69, 9.17) is 9.47 Å². The number of carbonyl (C=O) groups is 2. The molecule has 0 saturated carbocycles. The van der Waals surface area contributed by atoms with Crippen LogP contribution in [-0.2, 0) is 22.7 Å². The van der Waals surface area contributed by atoms with Crippen molar-refractivity contribution < 1.29 is 34.0 Å². The molecule has 0 aliphatic carbocycles. The van der Waals surface area contributed by atoms with E-state index in [2.05, 4.69) is 5.32 Å². The van der Waals surface area contributed by atoms with Gasteiger partial charge in [-0.25, -0.2) is 9.59 Å². The Bertz CT molecular complexity index is 1110. The molecule has 198 valence electrons. The molecule has 1 fully saturated rings. The van der Waals surface area contributed by atoms with Gasteiger partial charge in [0.05, 0.1) is 9.85 Å². The first-order valence-corrected chi connectivity index (χ1v) is 12.5. The third-order valence-electron chi connectivity index (χ3n) is 5.56. The van der Waals surface area contributed by atoms with Gasteiger partial charge in [-0.1, -0.05) is 0 Å². The Labute approximate surface area is 216 Å². The van der Waals surface area contributed by atoms with Crippen molar-refractivity contribution in [1.29, 1.82) is 0 Å². The summed E-state index contributed by atoms with van der Waals surface area (Å²) in [6.45, 7) is 0.490. The smallest absolute Gasteiger partial charge is 0.412 e. The number of nitro benzene ring substituents is 2. The molecule has 2 N–H and O–H groups in total. The minimum absolute atomic E-state index is 0.0341. The quantitative estimate of drug-likeness (QED) is 0.246. The summed E-state index contributed by atoms with van der Waals surface area (Å²) in [4.78, 5) is 46.0. The molecule has 1 atom stereocenters. The van der Waals surface area contributed by atoms with Gasteiger partial charge in [0.2, 0.25) is 0 Å². The van der Waals surface area contributed by atoms with E-state index in [0.29, 0.717) is 36.3 Å². The number of nitrogens with zero attached hydrogens (tertiary/aromatic N) is 3. The summed E-state index contributed by atoms with van der Waals surface area (Å²) in [5.74, 6) is 0.680. The molecule has 2 aromatic rings. The number of thioether (sulfide) groups is 1. The maximum atomic E-state index is 12.5. The van der Waals surface area contributed by atoms with Crippen LogP contribution in [-0.4, -0.2) is 62.4 Å². The van der Waals surface area contributed by atoms with Crippen LogP contribution in [0.4, 0.5) is 21.0 Å². The van der Waals surface area contributed by atoms with E-state index in [1.807, 2.05) is 0 Å². The average molecular weight is 535 g/mol. The van der Waals surface area contributed by atoms with Crippen LogP contribution < -0.4 is 5.32 Å². The van der Waals surface area contributed by atoms with E-state index < -0.39 is 27.8 Å². The van der Waals surface area contributed by atoms with Gasteiger partial charge in [-0.15, -0.1) is 0 Å². The van der Waals surface area contributed by atoms with E-state index in [1.165, 1.54) is 65.2 Å². The van der Waals surface area contributed by atoms with Crippen LogP contribution in [0.3, 0.4) is 0 Å². The number of benzene rings is 2. The molecule has 13 nitrogen and oxygen atoms in total. The average Bonchev–Trinajstić information content (AvgIpc) is 3.27. The number of likely N-dealkylation sites (tertiary alicyclic amines) is 1. The topological polar surface area (TPSA) is 174 Å². The van der Waals surface area contributed by atoms with Gasteiger partial charge in [0.1, 0.15) is 13.2 Å². The first-order valence-electron chi connectivity index (χ1n) is 11.3. The van der Waals surface area contributed by atoms with Crippen molar-refractivity contribution in [1.82, 2.24) is 10.2 Å². The van der Waals surface area contributed by atoms with Crippen LogP contribution in [0, 0.1) is 20.2 Å². The van der Waals surface area contributed by atoms with Gasteiger partial charge in [-0.05, 0) is 48.2 Å². The van der Waals surface area contributed by atoms with Crippen molar-refractivity contribution in [3.8, 4) is 0 Å². The molecule has 1 aliphatic rings. The summed E-state index contributed by atoms with van der Waals surface area (Å²) in [6.07, 6.45) is -0.323. The SMILES string of the molecule is O=C(NCCSCC1(O)CCCN1C(=O)OCc1ccc([N+](=O)[O-])cc1)OCc1ccc([N+](=O)[O-])cc1. The summed E-state index contributed by atoms with van der Waals surface area (Å²) in [5.41, 5.74) is -0.298. The Hall–Kier alpha value is -3.91. The van der Waals surface area contributed by atoms with Gasteiger partial charge < -0.3 is 19.9 Å². The zero-order chi connectivity index (χ0) is 26.8. The fourth-order valence-electron chi connectivity index (χ4n) is 3.59. The first-order chi connectivity index (χ1) is 17.7. The zero-order valence-corrected chi connectivity index (χ0v) is 20.6. The van der Waals surface area contributed by atoms with Gasteiger partial charge in [0.25, 0.3) is 11.4 Å². The van der Waals surface area contributed by atoms with E-state index in [1.54, 1.807) is 0 Å². The lowest BCUT2D eigenvalue weighted by Crippen LogP contribution is -2.49. The number of rotatable bonds is 11. The fourth-order valence-corrected chi connectivity index (χ4v) is 4.60. The Balaban J connectivity index is 1.35. The molecule has 14 heteroatoms. The molecule has 3 rings (SSSR count). The van der Waals surface area contributed by atoms with E-state index in [0.717, 1.165) is 0 Å². The van der Waals surface area contributed by atoms with Crippen LogP contribution in [0.1, 0.15) is 24.0 Å². The number of alkyl carbamates (subject to hydrolysis) is 1. The number of hydrogen-bond donors (Lipinski definition) is 2. The first kappa shape index (κ1) is 27.7. The van der Waals surface area contributed by atoms with E-state index >= 15 is 0 Å². The summed E-state index contributed by atoms with van der Waals surface area (Å²) < 4.78 is 10.4. The van der Waals surface area contributed by atoms with Crippen LogP contribution >= 0.6 is 11.8 Å². The molecule has 0 radical (unpaired) electrons. The maximum Gasteiger partial charge on any atom is 0.412 e. The highest BCUT2D eigenvalue weighted by Gasteiger charge is 2.42. The number of amides is 2. The second-order valence-corrected chi connectivity index (χ2v) is 9.30. The van der Waals surface area contributed by atoms with Crippen molar-refractivity contribution in [3.63, 3.8) is 0 Å². The number of ether oxygens (including phenoxy) is 2. The van der Waals surface area contributed by atoms with Gasteiger partial charge in [-0.3, -0.25) is 25.1 Å². The minimum atomic E-state index is -1.38. The van der Waals surface area contributed by atoms with Crippen LogP contribution in [0.25, 0.3) is 0 Å². The molecule has 1 aliphatic heterocycles. The van der Waals surface area contributed by atoms with Crippen LogP contribution in [0.5, 0.6) is 0 Å². The molecule has 1 unspecified atom stereocenters. The van der Waals surface area contributed by atoms with E-state index in [9.17, 15) is 34.9 Å². The number of hydrogen-bond acceptors (Lipinski definition) is 10. The van der Waals surface area contributed by atoms with Crippen molar-refractivity contribution in [2.75, 3.05) is 24.6 Å². The summed E-state index contributed by atoms with van der Waals surface area (Å²) in [7, 11) is 0. The van der Waals surface area contributed by atoms with Gasteiger partial charge >= 0.3 is 12.2 Å². The lowest BCUT2D eigenvalue weighted by molar-refractivity contribution is -0.385. The van der Waals surface area contributed by atoms with Crippen molar-refractivity contribution >= 4 is 35.3 Å². The molecule has 2 aromatic carbocycles. The second-order valence-electron chi connectivity index (χ2n) is 8.19. The van der Waals surface area contributed by atoms with Crippen molar-refractivity contribution in [2.24, 2.45) is 0 Å². The van der Waals surface area contributed by atoms with Crippen molar-refractivity contribution in [2.45, 2.75) is 31.8 Å². The van der Waals surface area contributed by atoms with Crippen LogP contribution in [0.15, 0.2) is 48.5 Å². The standard InChI is InChI=1S/C23H26N4O9S/c28-21(35-14-17-2-6-19(7-3-17)26(31)32)24-11-13-37-16-23(30)10-1-12-25(23)22(29)36-15-18-4-8-20(9-5-18)27(33)34/h2-9,30H,1,10-16H2,(H,24,28). The van der Waals surface area contributed by atoms with Crippen LogP contribution in [0.2, 0.25) is 0 Å². The zero-order valence-electron chi connectivity index (χ0n) is 19.7. The largest absolute Gasteiger partial charge is 0.445 e. The van der Waals surface area contributed by atoms with Gasteiger partial charge in [-0.2, -0.15) is 11.8 Å². The predicted octanol–water partition coefficient (Wildman–Crippen LogP) is 3.58. The number of carbonyl (C=O) groups excluding carboxylic acids is 2. The van der Waals surface area contributed by atoms with E-state index in [-0.39, 0.29) is 36.9 Å². The highest BCUT2D eigenvalue weighted by Crippen LogP contribution is 2.31. The number of non-ortho nitro benzene ring substituents is 2. The molecule has 37 heavy (non-hydrogen) atoms. The highest BCUT2D eigenvalue weighted by molar-refractivity contribution is 7.99.